The molecule has 1 heterocycles. The molecule has 0 unspecified atom stereocenters. The van der Waals surface area contributed by atoms with Gasteiger partial charge in [-0.05, 0) is 22.6 Å². The van der Waals surface area contributed by atoms with Crippen LogP contribution < -0.4 is 0 Å². The lowest BCUT2D eigenvalue weighted by molar-refractivity contribution is 0.854. The summed E-state index contributed by atoms with van der Waals surface area (Å²) in [6.07, 6.45) is 11.4. The Balaban J connectivity index is 3.32. The number of rotatable bonds is 4. The molecule has 0 spiro atoms. The lowest BCUT2D eigenvalue weighted by Gasteiger charge is -2.11. The number of aromatic nitrogens is 1. The molecular weight excluding hydrogens is 182 g/mol. The first-order chi connectivity index (χ1) is 7.20. The molecule has 0 saturated carbocycles. The van der Waals surface area contributed by atoms with Gasteiger partial charge in [0.25, 0.3) is 0 Å². The Morgan fingerprint density at radius 2 is 2.00 bits per heavy atom. The van der Waals surface area contributed by atoms with Crippen LogP contribution in [-0.4, -0.2) is 4.98 Å². The van der Waals surface area contributed by atoms with Crippen molar-refractivity contribution in [3.05, 3.63) is 54.4 Å². The molecule has 15 heavy (non-hydrogen) atoms. The average molecular weight is 199 g/mol. The van der Waals surface area contributed by atoms with Gasteiger partial charge in [0, 0.05) is 12.4 Å². The Kier molecular flexibility index (Phi) is 4.04. The summed E-state index contributed by atoms with van der Waals surface area (Å²) in [5, 5.41) is 0. The normalized spacial score (nSPS) is 10.9. The topological polar surface area (TPSA) is 12.9 Å². The number of nitrogens with zero attached hydrogens (tertiary/aromatic N) is 1. The van der Waals surface area contributed by atoms with Crippen molar-refractivity contribution >= 4 is 12.2 Å². The van der Waals surface area contributed by atoms with E-state index >= 15 is 0 Å². The average Bonchev–Trinajstić information content (AvgIpc) is 2.25. The molecule has 1 nitrogen and oxygen atoms in total. The Hall–Kier alpha value is -1.63. The molecule has 0 fully saturated rings. The molecule has 78 valence electrons. The smallest absolute Gasteiger partial charge is 0.0346 e. The van der Waals surface area contributed by atoms with Crippen molar-refractivity contribution in [2.75, 3.05) is 0 Å². The van der Waals surface area contributed by atoms with Crippen molar-refractivity contribution in [2.24, 2.45) is 0 Å². The zero-order valence-electron chi connectivity index (χ0n) is 9.40. The Morgan fingerprint density at radius 1 is 1.27 bits per heavy atom. The quantitative estimate of drug-likeness (QED) is 0.667. The minimum atomic E-state index is 0.460. The van der Waals surface area contributed by atoms with E-state index in [0.717, 1.165) is 5.56 Å². The Labute approximate surface area is 91.9 Å². The van der Waals surface area contributed by atoms with Gasteiger partial charge in [-0.25, -0.2) is 0 Å². The lowest BCUT2D eigenvalue weighted by Crippen LogP contribution is -1.96. The molecular formula is C14H17N. The summed E-state index contributed by atoms with van der Waals surface area (Å²) in [5.41, 5.74) is 3.50. The van der Waals surface area contributed by atoms with Crippen molar-refractivity contribution in [3.8, 4) is 0 Å². The molecule has 0 saturated heterocycles. The summed E-state index contributed by atoms with van der Waals surface area (Å²) in [6.45, 7) is 11.8. The van der Waals surface area contributed by atoms with Crippen LogP contribution in [0, 0.1) is 0 Å². The molecule has 1 aromatic heterocycles. The van der Waals surface area contributed by atoms with E-state index in [9.17, 15) is 0 Å². The molecule has 0 aliphatic heterocycles. The van der Waals surface area contributed by atoms with E-state index in [2.05, 4.69) is 38.1 Å². The molecule has 1 heteroatoms. The van der Waals surface area contributed by atoms with Crippen molar-refractivity contribution in [1.82, 2.24) is 4.98 Å². The van der Waals surface area contributed by atoms with Crippen LogP contribution in [0.5, 0.6) is 0 Å². The van der Waals surface area contributed by atoms with E-state index in [4.69, 9.17) is 0 Å². The number of hydrogen-bond donors (Lipinski definition) is 0. The third-order valence-corrected chi connectivity index (χ3v) is 2.29. The van der Waals surface area contributed by atoms with E-state index in [-0.39, 0.29) is 0 Å². The standard InChI is InChI=1S/C14H17N/c1-5-7-8-13-12(6-2)9-15-10-14(13)11(3)4/h5-11H,1-2H2,3-4H3/b8-7-. The van der Waals surface area contributed by atoms with Crippen LogP contribution in [0.4, 0.5) is 0 Å². The van der Waals surface area contributed by atoms with Crippen LogP contribution in [0.25, 0.3) is 12.2 Å². The molecule has 0 aliphatic rings. The first-order valence-corrected chi connectivity index (χ1v) is 5.10. The third kappa shape index (κ3) is 2.66. The predicted molar refractivity (Wildman–Crippen MR) is 67.6 cm³/mol. The van der Waals surface area contributed by atoms with E-state index in [1.165, 1.54) is 11.1 Å². The predicted octanol–water partition coefficient (Wildman–Crippen LogP) is 4.05. The first-order valence-electron chi connectivity index (χ1n) is 5.10. The maximum absolute atomic E-state index is 4.21. The highest BCUT2D eigenvalue weighted by Crippen LogP contribution is 2.23. The van der Waals surface area contributed by atoms with Gasteiger partial charge in [-0.2, -0.15) is 0 Å². The second-order valence-corrected chi connectivity index (χ2v) is 3.69. The fourth-order valence-electron chi connectivity index (χ4n) is 1.48. The molecule has 0 amide bonds. The fraction of sp³-hybridized carbons (Fsp3) is 0.214. The highest BCUT2D eigenvalue weighted by atomic mass is 14.6. The lowest BCUT2D eigenvalue weighted by atomic mass is 9.95. The molecule has 0 N–H and O–H groups in total. The summed E-state index contributed by atoms with van der Waals surface area (Å²) in [4.78, 5) is 4.21. The van der Waals surface area contributed by atoms with Crippen LogP contribution in [0.1, 0.15) is 36.5 Å². The maximum Gasteiger partial charge on any atom is 0.0346 e. The first kappa shape index (κ1) is 11.4. The second kappa shape index (κ2) is 5.30. The van der Waals surface area contributed by atoms with Crippen molar-refractivity contribution < 1.29 is 0 Å². The summed E-state index contributed by atoms with van der Waals surface area (Å²) in [7, 11) is 0. The van der Waals surface area contributed by atoms with Gasteiger partial charge in [-0.3, -0.25) is 4.98 Å². The highest BCUT2D eigenvalue weighted by molar-refractivity contribution is 5.67. The highest BCUT2D eigenvalue weighted by Gasteiger charge is 2.07. The van der Waals surface area contributed by atoms with Crippen molar-refractivity contribution in [2.45, 2.75) is 19.8 Å². The van der Waals surface area contributed by atoms with Gasteiger partial charge < -0.3 is 0 Å². The maximum atomic E-state index is 4.21. The third-order valence-electron chi connectivity index (χ3n) is 2.29. The molecule has 1 rings (SSSR count). The summed E-state index contributed by atoms with van der Waals surface area (Å²) < 4.78 is 0. The Morgan fingerprint density at radius 3 is 2.53 bits per heavy atom. The van der Waals surface area contributed by atoms with Gasteiger partial charge in [0.1, 0.15) is 0 Å². The van der Waals surface area contributed by atoms with E-state index in [1.54, 1.807) is 6.08 Å². The van der Waals surface area contributed by atoms with Gasteiger partial charge >= 0.3 is 0 Å². The molecule has 0 bridgehead atoms. The van der Waals surface area contributed by atoms with Crippen molar-refractivity contribution in [1.29, 1.82) is 0 Å². The summed E-state index contributed by atoms with van der Waals surface area (Å²) in [5.74, 6) is 0.460. The van der Waals surface area contributed by atoms with Crippen LogP contribution in [0.3, 0.4) is 0 Å². The Bertz CT molecular complexity index is 386. The number of pyridine rings is 1. The largest absolute Gasteiger partial charge is 0.264 e. The molecule has 1 aromatic rings. The molecule has 0 aliphatic carbocycles. The van der Waals surface area contributed by atoms with Crippen molar-refractivity contribution in [3.63, 3.8) is 0 Å². The fourth-order valence-corrected chi connectivity index (χ4v) is 1.48. The van der Waals surface area contributed by atoms with Gasteiger partial charge in [0.2, 0.25) is 0 Å². The van der Waals surface area contributed by atoms with E-state index in [1.807, 2.05) is 24.5 Å². The zero-order valence-corrected chi connectivity index (χ0v) is 9.40. The molecule has 0 aromatic carbocycles. The van der Waals surface area contributed by atoms with E-state index < -0.39 is 0 Å². The molecule has 0 atom stereocenters. The minimum absolute atomic E-state index is 0.460. The van der Waals surface area contributed by atoms with Crippen LogP contribution >= 0.6 is 0 Å². The van der Waals surface area contributed by atoms with Crippen LogP contribution in [-0.2, 0) is 0 Å². The van der Waals surface area contributed by atoms with Gasteiger partial charge in [-0.15, -0.1) is 0 Å². The number of hydrogen-bond acceptors (Lipinski definition) is 1. The number of allylic oxidation sites excluding steroid dienone is 2. The molecule has 0 radical (unpaired) electrons. The van der Waals surface area contributed by atoms with Gasteiger partial charge in [0.15, 0.2) is 0 Å². The summed E-state index contributed by atoms with van der Waals surface area (Å²) >= 11 is 0. The minimum Gasteiger partial charge on any atom is -0.264 e. The van der Waals surface area contributed by atoms with Gasteiger partial charge in [0.05, 0.1) is 0 Å². The second-order valence-electron chi connectivity index (χ2n) is 3.69. The SMILES string of the molecule is C=C/C=C\c1c(C=C)cncc1C(C)C. The summed E-state index contributed by atoms with van der Waals surface area (Å²) in [6, 6.07) is 0. The van der Waals surface area contributed by atoms with E-state index in [0.29, 0.717) is 5.92 Å². The van der Waals surface area contributed by atoms with Crippen LogP contribution in [0.15, 0.2) is 37.7 Å². The zero-order chi connectivity index (χ0) is 11.3. The van der Waals surface area contributed by atoms with Crippen LogP contribution in [0.2, 0.25) is 0 Å². The monoisotopic (exact) mass is 199 g/mol. The van der Waals surface area contributed by atoms with Gasteiger partial charge in [-0.1, -0.05) is 51.3 Å².